The van der Waals surface area contributed by atoms with E-state index < -0.39 is 9.84 Å². The summed E-state index contributed by atoms with van der Waals surface area (Å²) in [5, 5.41) is 17.8. The van der Waals surface area contributed by atoms with Crippen LogP contribution >= 0.6 is 0 Å². The lowest BCUT2D eigenvalue weighted by atomic mass is 9.88. The van der Waals surface area contributed by atoms with Gasteiger partial charge in [-0.05, 0) is 37.1 Å². The molecule has 0 bridgehead atoms. The smallest absolute Gasteiger partial charge is 0.228 e. The lowest BCUT2D eigenvalue weighted by Gasteiger charge is -2.39. The molecule has 0 saturated carbocycles. The fraction of sp³-hybridized carbons (Fsp3) is 0.579. The first-order valence-corrected chi connectivity index (χ1v) is 11.6. The molecular weight excluding hydrogens is 394 g/mol. The van der Waals surface area contributed by atoms with Crippen molar-refractivity contribution in [1.82, 2.24) is 15.8 Å². The van der Waals surface area contributed by atoms with Gasteiger partial charge in [0.1, 0.15) is 6.17 Å². The van der Waals surface area contributed by atoms with Gasteiger partial charge in [-0.3, -0.25) is 4.79 Å². The number of carbonyl (C=O) groups excluding carboxylic acids is 1. The Kier molecular flexibility index (Phi) is 5.48. The van der Waals surface area contributed by atoms with Crippen LogP contribution in [0.3, 0.4) is 0 Å². The lowest BCUT2D eigenvalue weighted by molar-refractivity contribution is -0.128. The van der Waals surface area contributed by atoms with E-state index in [0.29, 0.717) is 31.9 Å². The second-order valence-corrected chi connectivity index (χ2v) is 9.81. The van der Waals surface area contributed by atoms with Gasteiger partial charge in [-0.2, -0.15) is 5.26 Å². The third-order valence-electron chi connectivity index (χ3n) is 5.92. The minimum Gasteiger partial charge on any atom is -0.380 e. The van der Waals surface area contributed by atoms with Crippen LogP contribution in [0, 0.1) is 23.2 Å². The van der Waals surface area contributed by atoms with Gasteiger partial charge in [0.05, 0.1) is 35.4 Å². The number of rotatable bonds is 4. The quantitative estimate of drug-likeness (QED) is 0.627. The summed E-state index contributed by atoms with van der Waals surface area (Å²) in [6.45, 7) is 1.62. The number of sulfone groups is 1. The molecule has 1 amide bonds. The number of hydrazine groups is 1. The second-order valence-electron chi connectivity index (χ2n) is 7.79. The van der Waals surface area contributed by atoms with Gasteiger partial charge in [-0.1, -0.05) is 0 Å². The van der Waals surface area contributed by atoms with Crippen molar-refractivity contribution in [1.29, 1.82) is 5.26 Å². The molecule has 4 unspecified atom stereocenters. The van der Waals surface area contributed by atoms with E-state index in [-0.39, 0.29) is 40.9 Å². The lowest BCUT2D eigenvalue weighted by Crippen LogP contribution is -2.56. The zero-order chi connectivity index (χ0) is 20.6. The summed E-state index contributed by atoms with van der Waals surface area (Å²) in [6, 6.07) is 8.70. The van der Waals surface area contributed by atoms with Crippen LogP contribution in [0.15, 0.2) is 29.2 Å². The number of amides is 1. The van der Waals surface area contributed by atoms with Gasteiger partial charge in [0.15, 0.2) is 9.84 Å². The Morgan fingerprint density at radius 2 is 2.00 bits per heavy atom. The van der Waals surface area contributed by atoms with Crippen molar-refractivity contribution in [3.8, 4) is 6.07 Å². The Morgan fingerprint density at radius 3 is 2.69 bits per heavy atom. The van der Waals surface area contributed by atoms with Crippen molar-refractivity contribution >= 4 is 21.4 Å². The van der Waals surface area contributed by atoms with Crippen molar-refractivity contribution in [3.05, 3.63) is 24.3 Å². The average molecular weight is 420 g/mol. The fourth-order valence-corrected chi connectivity index (χ4v) is 5.06. The first-order chi connectivity index (χ1) is 13.9. The van der Waals surface area contributed by atoms with Crippen LogP contribution in [0.5, 0.6) is 0 Å². The molecule has 1 aromatic carbocycles. The van der Waals surface area contributed by atoms with E-state index >= 15 is 0 Å². The molecule has 9 nitrogen and oxygen atoms in total. The van der Waals surface area contributed by atoms with Gasteiger partial charge in [-0.15, -0.1) is 0 Å². The van der Waals surface area contributed by atoms with E-state index in [0.717, 1.165) is 6.42 Å². The average Bonchev–Trinajstić information content (AvgIpc) is 3.07. The highest BCUT2D eigenvalue weighted by molar-refractivity contribution is 7.90. The molecule has 1 aromatic rings. The van der Waals surface area contributed by atoms with Crippen molar-refractivity contribution < 1.29 is 17.9 Å². The first kappa shape index (κ1) is 20.1. The number of piperidine rings is 1. The maximum atomic E-state index is 12.6. The molecule has 3 saturated heterocycles. The van der Waals surface area contributed by atoms with Crippen LogP contribution in [-0.4, -0.2) is 63.6 Å². The predicted molar refractivity (Wildman–Crippen MR) is 105 cm³/mol. The molecule has 3 heterocycles. The highest BCUT2D eigenvalue weighted by Gasteiger charge is 2.51. The van der Waals surface area contributed by atoms with Crippen molar-refractivity contribution in [2.24, 2.45) is 11.8 Å². The van der Waals surface area contributed by atoms with Gasteiger partial charge < -0.3 is 15.4 Å². The first-order valence-electron chi connectivity index (χ1n) is 9.75. The molecular formula is C19H25N5O4S. The number of hydrogen-bond acceptors (Lipinski definition) is 8. The van der Waals surface area contributed by atoms with Crippen LogP contribution in [0.4, 0.5) is 5.69 Å². The van der Waals surface area contributed by atoms with Crippen molar-refractivity contribution in [3.63, 3.8) is 0 Å². The van der Waals surface area contributed by atoms with E-state index in [1.54, 1.807) is 24.3 Å². The number of carbonyl (C=O) groups is 1. The van der Waals surface area contributed by atoms with E-state index in [9.17, 15) is 18.5 Å². The molecule has 0 aliphatic carbocycles. The molecule has 156 valence electrons. The summed E-state index contributed by atoms with van der Waals surface area (Å²) in [4.78, 5) is 12.9. The third kappa shape index (κ3) is 3.96. The molecule has 3 aliphatic rings. The summed E-state index contributed by atoms with van der Waals surface area (Å²) in [5.41, 5.74) is 4.12. The van der Waals surface area contributed by atoms with E-state index in [2.05, 4.69) is 22.1 Å². The zero-order valence-corrected chi connectivity index (χ0v) is 17.0. The van der Waals surface area contributed by atoms with Crippen LogP contribution in [0.25, 0.3) is 0 Å². The highest BCUT2D eigenvalue weighted by atomic mass is 32.2. The molecule has 0 aromatic heterocycles. The molecule has 3 fully saturated rings. The molecule has 3 N–H and O–H groups in total. The molecule has 0 radical (unpaired) electrons. The zero-order valence-electron chi connectivity index (χ0n) is 16.2. The van der Waals surface area contributed by atoms with E-state index in [1.807, 2.05) is 5.01 Å². The van der Waals surface area contributed by atoms with Gasteiger partial charge in [0, 0.05) is 31.1 Å². The molecule has 4 rings (SSSR count). The highest BCUT2D eigenvalue weighted by Crippen LogP contribution is 2.33. The Labute approximate surface area is 170 Å². The minimum absolute atomic E-state index is 0.0354. The van der Waals surface area contributed by atoms with E-state index in [1.165, 1.54) is 6.26 Å². The van der Waals surface area contributed by atoms with Crippen LogP contribution in [0.1, 0.15) is 12.8 Å². The standard InChI is InChI=1S/C19H25N5O4S/c1-29(26,27)14-4-2-13(3-5-14)22-18-17-15(6-8-21-19(17)25)24(23-18)16-11-28-9-7-12(16)10-20/h2-5,12,15-18,22-23H,6-9,11H2,1H3,(H,21,25)/t12-,15?,16?,17?,18?/m0/s1. The third-order valence-corrected chi connectivity index (χ3v) is 7.04. The molecule has 5 atom stereocenters. The summed E-state index contributed by atoms with van der Waals surface area (Å²) in [6.07, 6.45) is 2.25. The largest absolute Gasteiger partial charge is 0.380 e. The summed E-state index contributed by atoms with van der Waals surface area (Å²) < 4.78 is 29.0. The summed E-state index contributed by atoms with van der Waals surface area (Å²) >= 11 is 0. The molecule has 3 aliphatic heterocycles. The monoisotopic (exact) mass is 419 g/mol. The van der Waals surface area contributed by atoms with Crippen molar-refractivity contribution in [2.75, 3.05) is 31.3 Å². The number of nitriles is 1. The number of nitrogens with one attached hydrogen (secondary N) is 3. The minimum atomic E-state index is -3.27. The normalized spacial score (nSPS) is 32.8. The number of benzene rings is 1. The van der Waals surface area contributed by atoms with Gasteiger partial charge in [0.25, 0.3) is 0 Å². The molecule has 29 heavy (non-hydrogen) atoms. The SMILES string of the molecule is CS(=O)(=O)c1ccc(NC2NN(C3COCC[C@H]3C#N)C3CCNC(=O)C23)cc1. The van der Waals surface area contributed by atoms with Crippen LogP contribution < -0.4 is 16.1 Å². The van der Waals surface area contributed by atoms with Gasteiger partial charge >= 0.3 is 0 Å². The number of hydrogen-bond donors (Lipinski definition) is 3. The van der Waals surface area contributed by atoms with E-state index in [4.69, 9.17) is 4.74 Å². The van der Waals surface area contributed by atoms with Crippen molar-refractivity contribution in [2.45, 2.75) is 36.0 Å². The number of ether oxygens (including phenoxy) is 1. The van der Waals surface area contributed by atoms with Gasteiger partial charge in [0.2, 0.25) is 5.91 Å². The predicted octanol–water partition coefficient (Wildman–Crippen LogP) is 0.0817. The summed E-state index contributed by atoms with van der Waals surface area (Å²) in [7, 11) is -3.27. The summed E-state index contributed by atoms with van der Waals surface area (Å²) in [5.74, 6) is -0.527. The fourth-order valence-electron chi connectivity index (χ4n) is 4.43. The Bertz CT molecular complexity index is 914. The Morgan fingerprint density at radius 1 is 1.24 bits per heavy atom. The maximum absolute atomic E-state index is 12.6. The van der Waals surface area contributed by atoms with Crippen LogP contribution in [0.2, 0.25) is 0 Å². The van der Waals surface area contributed by atoms with Crippen LogP contribution in [-0.2, 0) is 19.4 Å². The topological polar surface area (TPSA) is 124 Å². The molecule has 10 heteroatoms. The Balaban J connectivity index is 1.56. The number of anilines is 1. The van der Waals surface area contributed by atoms with Gasteiger partial charge in [-0.25, -0.2) is 18.9 Å². The number of fused-ring (bicyclic) bond motifs is 1. The molecule has 0 spiro atoms. The number of nitrogens with zero attached hydrogens (tertiary/aromatic N) is 2. The maximum Gasteiger partial charge on any atom is 0.228 e. The Hall–Kier alpha value is -2.19. The second kappa shape index (κ2) is 7.91.